The van der Waals surface area contributed by atoms with Crippen molar-refractivity contribution in [2.24, 2.45) is 0 Å². The van der Waals surface area contributed by atoms with Crippen LogP contribution in [0.25, 0.3) is 0 Å². The molecule has 2 heteroatoms. The maximum atomic E-state index is 11.1. The van der Waals surface area contributed by atoms with E-state index in [-0.39, 0.29) is 5.60 Å². The van der Waals surface area contributed by atoms with E-state index in [0.717, 1.165) is 12.8 Å². The van der Waals surface area contributed by atoms with Crippen LogP contribution in [-0.2, 0) is 9.84 Å². The molecule has 67 valence electrons. The molecule has 0 N–H and O–H groups in total. The molecule has 0 aliphatic rings. The average molecular weight is 159 g/mol. The third-order valence-corrected chi connectivity index (χ3v) is 1.83. The Hall–Kier alpha value is -0.0800. The smallest absolute Gasteiger partial charge is 0.191 e. The summed E-state index contributed by atoms with van der Waals surface area (Å²) in [6.07, 6.45) is 1.56. The molecular weight excluding hydrogens is 140 g/mol. The van der Waals surface area contributed by atoms with Crippen LogP contribution in [0.15, 0.2) is 0 Å². The highest BCUT2D eigenvalue weighted by Gasteiger charge is 2.20. The van der Waals surface area contributed by atoms with Gasteiger partial charge in [0.25, 0.3) is 0 Å². The van der Waals surface area contributed by atoms with Gasteiger partial charge >= 0.3 is 0 Å². The second-order valence-corrected chi connectivity index (χ2v) is 3.45. The molecule has 0 rings (SSSR count). The molecule has 0 aliphatic heterocycles. The lowest BCUT2D eigenvalue weighted by Gasteiger charge is -2.25. The predicted molar refractivity (Wildman–Crippen MR) is 44.8 cm³/mol. The zero-order valence-electron chi connectivity index (χ0n) is 8.02. The summed E-state index contributed by atoms with van der Waals surface area (Å²) in [4.78, 5) is 0. The molecule has 0 saturated heterocycles. The van der Waals surface area contributed by atoms with Crippen molar-refractivity contribution in [1.82, 2.24) is 0 Å². The van der Waals surface area contributed by atoms with Crippen molar-refractivity contribution < 1.29 is 9.84 Å². The van der Waals surface area contributed by atoms with E-state index in [0.29, 0.717) is 6.42 Å². The number of hydrogen-bond acceptors (Lipinski definition) is 1. The fourth-order valence-corrected chi connectivity index (χ4v) is 0.734. The van der Waals surface area contributed by atoms with Crippen LogP contribution in [0.3, 0.4) is 0 Å². The minimum Gasteiger partial charge on any atom is -0.344 e. The molecule has 0 saturated carbocycles. The number of rotatable bonds is 5. The topological polar surface area (TPSA) is 29.1 Å². The zero-order chi connectivity index (χ0) is 8.91. The molecule has 1 unspecified atom stereocenters. The predicted octanol–water partition coefficient (Wildman–Crippen LogP) is 2.75. The van der Waals surface area contributed by atoms with E-state index < -0.39 is 6.29 Å². The SMILES string of the molecule is CCCC([O])OC(C)(C)CC. The summed E-state index contributed by atoms with van der Waals surface area (Å²) >= 11 is 0. The van der Waals surface area contributed by atoms with Gasteiger partial charge in [-0.15, -0.1) is 0 Å². The van der Waals surface area contributed by atoms with Crippen molar-refractivity contribution >= 4 is 0 Å². The van der Waals surface area contributed by atoms with E-state index in [4.69, 9.17) is 4.74 Å². The summed E-state index contributed by atoms with van der Waals surface area (Å²) in [5.41, 5.74) is -0.248. The maximum Gasteiger partial charge on any atom is 0.191 e. The molecule has 11 heavy (non-hydrogen) atoms. The Morgan fingerprint density at radius 2 is 1.91 bits per heavy atom. The lowest BCUT2D eigenvalue weighted by Crippen LogP contribution is -2.28. The lowest BCUT2D eigenvalue weighted by atomic mass is 10.1. The van der Waals surface area contributed by atoms with Gasteiger partial charge in [0.1, 0.15) is 0 Å². The van der Waals surface area contributed by atoms with Gasteiger partial charge in [0.05, 0.1) is 5.60 Å². The van der Waals surface area contributed by atoms with Crippen LogP contribution in [0.4, 0.5) is 0 Å². The third kappa shape index (κ3) is 5.22. The van der Waals surface area contributed by atoms with Gasteiger partial charge in [0.2, 0.25) is 0 Å². The minimum absolute atomic E-state index is 0.248. The van der Waals surface area contributed by atoms with E-state index in [1.54, 1.807) is 0 Å². The zero-order valence-corrected chi connectivity index (χ0v) is 8.02. The monoisotopic (exact) mass is 159 g/mol. The molecule has 0 bridgehead atoms. The van der Waals surface area contributed by atoms with Gasteiger partial charge in [-0.1, -0.05) is 20.3 Å². The molecule has 0 aromatic heterocycles. The largest absolute Gasteiger partial charge is 0.344 e. The van der Waals surface area contributed by atoms with E-state index in [9.17, 15) is 5.11 Å². The Morgan fingerprint density at radius 3 is 2.27 bits per heavy atom. The third-order valence-electron chi connectivity index (χ3n) is 1.83. The quantitative estimate of drug-likeness (QED) is 0.567. The molecule has 1 radical (unpaired) electrons. The summed E-state index contributed by atoms with van der Waals surface area (Å²) in [7, 11) is 0. The molecular formula is C9H19O2. The standard InChI is InChI=1S/C9H19O2/c1-5-7-8(10)11-9(3,4)6-2/h8H,5-7H2,1-4H3. The second kappa shape index (κ2) is 4.73. The summed E-state index contributed by atoms with van der Waals surface area (Å²) in [6, 6.07) is 0. The van der Waals surface area contributed by atoms with Gasteiger partial charge in [-0.05, 0) is 20.3 Å². The van der Waals surface area contributed by atoms with Crippen LogP contribution in [0.5, 0.6) is 0 Å². The van der Waals surface area contributed by atoms with Crippen LogP contribution in [0.1, 0.15) is 47.0 Å². The lowest BCUT2D eigenvalue weighted by molar-refractivity contribution is -0.204. The van der Waals surface area contributed by atoms with Crippen molar-refractivity contribution in [2.75, 3.05) is 0 Å². The first-order chi connectivity index (χ1) is 5.02. The number of hydrogen-bond donors (Lipinski definition) is 0. The van der Waals surface area contributed by atoms with Crippen LogP contribution in [0.2, 0.25) is 0 Å². The van der Waals surface area contributed by atoms with Crippen molar-refractivity contribution in [3.63, 3.8) is 0 Å². The van der Waals surface area contributed by atoms with Gasteiger partial charge in [0.15, 0.2) is 6.29 Å². The Labute approximate surface area is 69.6 Å². The molecule has 0 aliphatic carbocycles. The van der Waals surface area contributed by atoms with E-state index in [2.05, 4.69) is 0 Å². The van der Waals surface area contributed by atoms with Crippen LogP contribution in [0, 0.1) is 0 Å². The molecule has 0 fully saturated rings. The Balaban J connectivity index is 3.64. The minimum atomic E-state index is -0.838. The summed E-state index contributed by atoms with van der Waals surface area (Å²) < 4.78 is 5.27. The average Bonchev–Trinajstić information content (AvgIpc) is 1.87. The first-order valence-electron chi connectivity index (χ1n) is 4.35. The van der Waals surface area contributed by atoms with Crippen molar-refractivity contribution in [3.8, 4) is 0 Å². The molecule has 1 atom stereocenters. The molecule has 0 amide bonds. The Bertz CT molecular complexity index is 99.7. The molecule has 0 aromatic carbocycles. The number of ether oxygens (including phenoxy) is 1. The van der Waals surface area contributed by atoms with Crippen molar-refractivity contribution in [1.29, 1.82) is 0 Å². The highest BCUT2D eigenvalue weighted by Crippen LogP contribution is 2.17. The Kier molecular flexibility index (Phi) is 4.69. The van der Waals surface area contributed by atoms with Gasteiger partial charge in [-0.2, -0.15) is 0 Å². The van der Waals surface area contributed by atoms with Gasteiger partial charge in [-0.25, -0.2) is 5.11 Å². The van der Waals surface area contributed by atoms with Crippen molar-refractivity contribution in [3.05, 3.63) is 0 Å². The van der Waals surface area contributed by atoms with Gasteiger partial charge < -0.3 is 4.74 Å². The van der Waals surface area contributed by atoms with E-state index in [1.807, 2.05) is 27.7 Å². The molecule has 0 aromatic rings. The highest BCUT2D eigenvalue weighted by molar-refractivity contribution is 4.65. The van der Waals surface area contributed by atoms with E-state index >= 15 is 0 Å². The first kappa shape index (κ1) is 10.9. The fourth-order valence-electron chi connectivity index (χ4n) is 0.734. The fraction of sp³-hybridized carbons (Fsp3) is 1.00. The maximum absolute atomic E-state index is 11.1. The summed E-state index contributed by atoms with van der Waals surface area (Å²) in [6.45, 7) is 7.92. The Morgan fingerprint density at radius 1 is 1.36 bits per heavy atom. The molecule has 0 spiro atoms. The van der Waals surface area contributed by atoms with Crippen LogP contribution in [-0.4, -0.2) is 11.9 Å². The molecule has 0 heterocycles. The molecule has 2 nitrogen and oxygen atoms in total. The normalized spacial score (nSPS) is 15.0. The van der Waals surface area contributed by atoms with Crippen molar-refractivity contribution in [2.45, 2.75) is 58.8 Å². The summed E-state index contributed by atoms with van der Waals surface area (Å²) in [5.74, 6) is 0. The van der Waals surface area contributed by atoms with Gasteiger partial charge in [-0.3, -0.25) is 0 Å². The second-order valence-electron chi connectivity index (χ2n) is 3.45. The first-order valence-corrected chi connectivity index (χ1v) is 4.35. The summed E-state index contributed by atoms with van der Waals surface area (Å²) in [5, 5.41) is 11.1. The van der Waals surface area contributed by atoms with Crippen LogP contribution >= 0.6 is 0 Å². The van der Waals surface area contributed by atoms with Crippen LogP contribution < -0.4 is 0 Å². The highest BCUT2D eigenvalue weighted by atomic mass is 16.6. The van der Waals surface area contributed by atoms with Gasteiger partial charge in [0, 0.05) is 6.42 Å². The van der Waals surface area contributed by atoms with E-state index in [1.165, 1.54) is 0 Å².